The average Bonchev–Trinajstić information content (AvgIpc) is 2.28. The number of hydrogen-bond donors (Lipinski definition) is 1. The van der Waals surface area contributed by atoms with Crippen molar-refractivity contribution in [2.24, 2.45) is 11.8 Å². The lowest BCUT2D eigenvalue weighted by atomic mass is 10.1. The van der Waals surface area contributed by atoms with Gasteiger partial charge in [0.2, 0.25) is 0 Å². The maximum absolute atomic E-state index is 12.2. The number of nitrogens with zero attached hydrogens (tertiary/aromatic N) is 1. The molecule has 1 rings (SSSR count). The van der Waals surface area contributed by atoms with Crippen molar-refractivity contribution < 1.29 is 4.79 Å². The molecule has 0 radical (unpaired) electrons. The number of anilines is 1. The van der Waals surface area contributed by atoms with Crippen molar-refractivity contribution in [1.82, 2.24) is 4.90 Å². The van der Waals surface area contributed by atoms with Crippen LogP contribution in [0.1, 0.15) is 27.7 Å². The van der Waals surface area contributed by atoms with Gasteiger partial charge in [-0.2, -0.15) is 0 Å². The van der Waals surface area contributed by atoms with Gasteiger partial charge in [-0.3, -0.25) is 0 Å². The summed E-state index contributed by atoms with van der Waals surface area (Å²) in [7, 11) is 0. The van der Waals surface area contributed by atoms with E-state index in [1.807, 2.05) is 35.2 Å². The minimum atomic E-state index is -0.0106. The Bertz CT molecular complexity index is 350. The summed E-state index contributed by atoms with van der Waals surface area (Å²) in [6.45, 7) is 10.1. The number of para-hydroxylation sites is 1. The van der Waals surface area contributed by atoms with Crippen molar-refractivity contribution in [3.8, 4) is 0 Å². The number of carbonyl (C=O) groups excluding carboxylic acids is 1. The van der Waals surface area contributed by atoms with Gasteiger partial charge in [0.25, 0.3) is 0 Å². The third-order valence-electron chi connectivity index (χ3n) is 2.48. The lowest BCUT2D eigenvalue weighted by Crippen LogP contribution is -2.39. The highest BCUT2D eigenvalue weighted by Crippen LogP contribution is 2.09. The minimum absolute atomic E-state index is 0.0106. The highest BCUT2D eigenvalue weighted by Gasteiger charge is 2.15. The summed E-state index contributed by atoms with van der Waals surface area (Å²) < 4.78 is 0. The van der Waals surface area contributed by atoms with E-state index < -0.39 is 0 Å². The van der Waals surface area contributed by atoms with Crippen LogP contribution >= 0.6 is 0 Å². The molecule has 1 aromatic rings. The largest absolute Gasteiger partial charge is 0.324 e. The first-order valence-corrected chi connectivity index (χ1v) is 6.60. The topological polar surface area (TPSA) is 32.3 Å². The van der Waals surface area contributed by atoms with Crippen molar-refractivity contribution in [3.05, 3.63) is 30.3 Å². The van der Waals surface area contributed by atoms with Gasteiger partial charge >= 0.3 is 6.03 Å². The zero-order valence-electron chi connectivity index (χ0n) is 11.8. The molecule has 1 N–H and O–H groups in total. The Morgan fingerprint density at radius 3 is 2.00 bits per heavy atom. The van der Waals surface area contributed by atoms with E-state index in [1.54, 1.807) is 0 Å². The number of urea groups is 1. The van der Waals surface area contributed by atoms with E-state index >= 15 is 0 Å². The Kier molecular flexibility index (Phi) is 5.69. The molecule has 0 unspecified atom stereocenters. The fourth-order valence-electron chi connectivity index (χ4n) is 1.85. The Morgan fingerprint density at radius 1 is 1.06 bits per heavy atom. The van der Waals surface area contributed by atoms with Crippen molar-refractivity contribution in [2.75, 3.05) is 18.4 Å². The van der Waals surface area contributed by atoms with Crippen LogP contribution in [-0.4, -0.2) is 24.0 Å². The maximum atomic E-state index is 12.2. The molecule has 100 valence electrons. The molecule has 0 heterocycles. The van der Waals surface area contributed by atoms with Gasteiger partial charge in [0.1, 0.15) is 0 Å². The van der Waals surface area contributed by atoms with Gasteiger partial charge in [-0.15, -0.1) is 0 Å². The molecule has 1 aromatic carbocycles. The van der Waals surface area contributed by atoms with E-state index in [0.29, 0.717) is 11.8 Å². The molecule has 3 nitrogen and oxygen atoms in total. The predicted octanol–water partition coefficient (Wildman–Crippen LogP) is 3.83. The number of nitrogens with one attached hydrogen (secondary N) is 1. The third-order valence-corrected chi connectivity index (χ3v) is 2.48. The fourth-order valence-corrected chi connectivity index (χ4v) is 1.85. The zero-order valence-corrected chi connectivity index (χ0v) is 11.8. The van der Waals surface area contributed by atoms with E-state index in [2.05, 4.69) is 33.0 Å². The maximum Gasteiger partial charge on any atom is 0.321 e. The average molecular weight is 248 g/mol. The van der Waals surface area contributed by atoms with Gasteiger partial charge < -0.3 is 10.2 Å². The lowest BCUT2D eigenvalue weighted by molar-refractivity contribution is 0.196. The molecule has 0 saturated carbocycles. The molecule has 0 fully saturated rings. The smallest absolute Gasteiger partial charge is 0.321 e. The van der Waals surface area contributed by atoms with Crippen LogP contribution in [0.25, 0.3) is 0 Å². The third kappa shape index (κ3) is 5.21. The second-order valence-electron chi connectivity index (χ2n) is 5.49. The lowest BCUT2D eigenvalue weighted by Gasteiger charge is -2.26. The van der Waals surface area contributed by atoms with Crippen LogP contribution < -0.4 is 5.32 Å². The second kappa shape index (κ2) is 7.04. The molecule has 2 amide bonds. The van der Waals surface area contributed by atoms with Gasteiger partial charge in [-0.05, 0) is 24.0 Å². The molecule has 0 atom stereocenters. The molecule has 0 spiro atoms. The monoisotopic (exact) mass is 248 g/mol. The first-order chi connectivity index (χ1) is 8.49. The Hall–Kier alpha value is -1.51. The van der Waals surface area contributed by atoms with Crippen molar-refractivity contribution in [2.45, 2.75) is 27.7 Å². The van der Waals surface area contributed by atoms with Crippen LogP contribution in [0, 0.1) is 11.8 Å². The molecule has 0 bridgehead atoms. The van der Waals surface area contributed by atoms with Crippen LogP contribution in [0.5, 0.6) is 0 Å². The quantitative estimate of drug-likeness (QED) is 0.843. The molecular weight excluding hydrogens is 224 g/mol. The van der Waals surface area contributed by atoms with Gasteiger partial charge in [-0.1, -0.05) is 45.9 Å². The van der Waals surface area contributed by atoms with E-state index in [0.717, 1.165) is 18.8 Å². The minimum Gasteiger partial charge on any atom is -0.324 e. The molecule has 0 aliphatic rings. The predicted molar refractivity (Wildman–Crippen MR) is 76.7 cm³/mol. The second-order valence-corrected chi connectivity index (χ2v) is 5.49. The molecule has 0 aliphatic carbocycles. The molecular formula is C15H24N2O. The number of hydrogen-bond acceptors (Lipinski definition) is 1. The van der Waals surface area contributed by atoms with Crippen LogP contribution in [-0.2, 0) is 0 Å². The first kappa shape index (κ1) is 14.6. The van der Waals surface area contributed by atoms with Crippen LogP contribution in [0.2, 0.25) is 0 Å². The molecule has 0 aromatic heterocycles. The van der Waals surface area contributed by atoms with Crippen LogP contribution in [0.4, 0.5) is 10.5 Å². The number of benzene rings is 1. The molecule has 0 saturated heterocycles. The number of carbonyl (C=O) groups is 1. The van der Waals surface area contributed by atoms with Gasteiger partial charge in [-0.25, -0.2) is 4.79 Å². The summed E-state index contributed by atoms with van der Waals surface area (Å²) in [6.07, 6.45) is 0. The summed E-state index contributed by atoms with van der Waals surface area (Å²) in [6, 6.07) is 9.58. The summed E-state index contributed by atoms with van der Waals surface area (Å²) in [5.74, 6) is 0.954. The van der Waals surface area contributed by atoms with Gasteiger partial charge in [0, 0.05) is 18.8 Å². The first-order valence-electron chi connectivity index (χ1n) is 6.60. The van der Waals surface area contributed by atoms with Crippen LogP contribution in [0.3, 0.4) is 0 Å². The zero-order chi connectivity index (χ0) is 13.5. The van der Waals surface area contributed by atoms with Crippen molar-refractivity contribution in [1.29, 1.82) is 0 Å². The fraction of sp³-hybridized carbons (Fsp3) is 0.533. The summed E-state index contributed by atoms with van der Waals surface area (Å²) >= 11 is 0. The number of rotatable bonds is 5. The standard InChI is InChI=1S/C15H24N2O/c1-12(2)10-17(11-13(3)4)15(18)16-14-8-6-5-7-9-14/h5-9,12-13H,10-11H2,1-4H3,(H,16,18). The SMILES string of the molecule is CC(C)CN(CC(C)C)C(=O)Nc1ccccc1. The van der Waals surface area contributed by atoms with E-state index in [-0.39, 0.29) is 6.03 Å². The Balaban J connectivity index is 2.64. The summed E-state index contributed by atoms with van der Waals surface area (Å²) in [5, 5.41) is 2.94. The van der Waals surface area contributed by atoms with Crippen molar-refractivity contribution in [3.63, 3.8) is 0 Å². The summed E-state index contributed by atoms with van der Waals surface area (Å²) in [4.78, 5) is 14.1. The normalized spacial score (nSPS) is 10.8. The van der Waals surface area contributed by atoms with Gasteiger partial charge in [0.15, 0.2) is 0 Å². The van der Waals surface area contributed by atoms with Gasteiger partial charge in [0.05, 0.1) is 0 Å². The van der Waals surface area contributed by atoms with E-state index in [4.69, 9.17) is 0 Å². The van der Waals surface area contributed by atoms with Crippen molar-refractivity contribution >= 4 is 11.7 Å². The van der Waals surface area contributed by atoms with E-state index in [1.165, 1.54) is 0 Å². The van der Waals surface area contributed by atoms with E-state index in [9.17, 15) is 4.79 Å². The Morgan fingerprint density at radius 2 is 1.56 bits per heavy atom. The highest BCUT2D eigenvalue weighted by atomic mass is 16.2. The summed E-state index contributed by atoms with van der Waals surface area (Å²) in [5.41, 5.74) is 0.847. The molecule has 0 aliphatic heterocycles. The van der Waals surface area contributed by atoms with Crippen LogP contribution in [0.15, 0.2) is 30.3 Å². The molecule has 3 heteroatoms. The molecule has 18 heavy (non-hydrogen) atoms. The Labute approximate surface area is 110 Å². The number of amides is 2. The highest BCUT2D eigenvalue weighted by molar-refractivity contribution is 5.89.